The van der Waals surface area contributed by atoms with Crippen molar-refractivity contribution in [3.8, 4) is 0 Å². The summed E-state index contributed by atoms with van der Waals surface area (Å²) in [5, 5.41) is 124. The van der Waals surface area contributed by atoms with Crippen LogP contribution >= 0.6 is 7.82 Å². The Labute approximate surface area is 564 Å². The van der Waals surface area contributed by atoms with Gasteiger partial charge in [-0.2, -0.15) is 0 Å². The maximum absolute atomic E-state index is 14.8. The molecular weight excluding hydrogens is 1290 g/mol. The Kier molecular flexibility index (Phi) is 41.1. The van der Waals surface area contributed by atoms with Crippen molar-refractivity contribution in [2.45, 2.75) is 286 Å². The highest BCUT2D eigenvalue weighted by molar-refractivity contribution is 7.47. The fraction of sp³-hybridized carbons (Fsp3) is 0.891. The van der Waals surface area contributed by atoms with Crippen LogP contribution in [0.25, 0.3) is 0 Å². The van der Waals surface area contributed by atoms with Crippen molar-refractivity contribution in [1.29, 1.82) is 0 Å². The third kappa shape index (κ3) is 30.1. The summed E-state index contributed by atoms with van der Waals surface area (Å²) in [6.07, 6.45) is -12.9. The smallest absolute Gasteiger partial charge is 0.461 e. The normalized spacial score (nSPS) is 32.6. The van der Waals surface area contributed by atoms with Gasteiger partial charge in [-0.25, -0.2) is 4.57 Å². The van der Waals surface area contributed by atoms with Crippen molar-refractivity contribution in [2.75, 3.05) is 79.0 Å². The van der Waals surface area contributed by atoms with E-state index in [4.69, 9.17) is 56.4 Å². The number of Topliss-reactive ketones (excluding diaryl/α,β-unsaturated/α-hetero) is 1. The summed E-state index contributed by atoms with van der Waals surface area (Å²) in [7, 11) is -4.86. The molecule has 560 valence electrons. The number of unbranched alkanes of at least 4 members (excludes halogenated alkanes) is 5. The van der Waals surface area contributed by atoms with Crippen LogP contribution in [0, 0.1) is 0 Å². The topological polar surface area (TPSA) is 449 Å². The number of aliphatic hydroxyl groups is 12. The molecule has 13 N–H and O–H groups in total. The minimum atomic E-state index is -4.86. The van der Waals surface area contributed by atoms with E-state index in [0.29, 0.717) is 116 Å². The molecule has 0 aliphatic carbocycles. The summed E-state index contributed by atoms with van der Waals surface area (Å²) in [4.78, 5) is 54.8. The summed E-state index contributed by atoms with van der Waals surface area (Å²) in [6, 6.07) is -0.726. The minimum Gasteiger partial charge on any atom is -0.461 e. The monoisotopic (exact) mass is 1410 g/mol. The Morgan fingerprint density at radius 1 is 0.438 bits per heavy atom. The second-order valence-corrected chi connectivity index (χ2v) is 26.5. The van der Waals surface area contributed by atoms with Gasteiger partial charge in [-0.15, -0.1) is 0 Å². The number of nitrogens with zero attached hydrogens (tertiary/aromatic N) is 2. The van der Waals surface area contributed by atoms with Crippen molar-refractivity contribution in [3.63, 3.8) is 0 Å². The lowest BCUT2D eigenvalue weighted by Gasteiger charge is -2.39. The first-order valence-electron chi connectivity index (χ1n) is 34.2. The van der Waals surface area contributed by atoms with Crippen molar-refractivity contribution in [1.82, 2.24) is 9.80 Å². The highest BCUT2D eigenvalue weighted by Crippen LogP contribution is 2.43. The zero-order valence-electron chi connectivity index (χ0n) is 56.7. The maximum atomic E-state index is 14.8. The van der Waals surface area contributed by atoms with Crippen LogP contribution in [0.1, 0.15) is 151 Å². The third-order valence-corrected chi connectivity index (χ3v) is 18.1. The number of hydrogen-bond donors (Lipinski definition) is 13. The molecule has 0 aromatic carbocycles. The van der Waals surface area contributed by atoms with Gasteiger partial charge in [0, 0.05) is 32.8 Å². The van der Waals surface area contributed by atoms with Gasteiger partial charge in [0.1, 0.15) is 85.6 Å². The van der Waals surface area contributed by atoms with Gasteiger partial charge in [-0.1, -0.05) is 44.6 Å². The van der Waals surface area contributed by atoms with Crippen LogP contribution in [-0.2, 0) is 75.4 Å². The number of phosphoric acid groups is 1. The van der Waals surface area contributed by atoms with Gasteiger partial charge in [0.15, 0.2) is 31.3 Å². The van der Waals surface area contributed by atoms with Crippen molar-refractivity contribution in [3.05, 3.63) is 24.3 Å². The predicted molar refractivity (Wildman–Crippen MR) is 341 cm³/mol. The second kappa shape index (κ2) is 46.0. The van der Waals surface area contributed by atoms with E-state index in [9.17, 15) is 85.1 Å². The Hall–Kier alpha value is -2.68. The molecule has 4 aliphatic rings. The van der Waals surface area contributed by atoms with Gasteiger partial charge in [-0.05, 0) is 144 Å². The lowest BCUT2D eigenvalue weighted by Crippen LogP contribution is -2.57. The number of rotatable bonds is 48. The van der Waals surface area contributed by atoms with Gasteiger partial charge in [0.2, 0.25) is 0 Å². The first-order chi connectivity index (χ1) is 45.7. The molecule has 96 heavy (non-hydrogen) atoms. The molecule has 0 spiro atoms. The zero-order valence-corrected chi connectivity index (χ0v) is 57.6. The van der Waals surface area contributed by atoms with E-state index in [-0.39, 0.29) is 57.9 Å². The molecule has 0 amide bonds. The zero-order chi connectivity index (χ0) is 70.9. The molecule has 9 unspecified atom stereocenters. The molecule has 4 rings (SSSR count). The van der Waals surface area contributed by atoms with E-state index < -0.39 is 175 Å². The third-order valence-electron chi connectivity index (χ3n) is 17.1. The highest BCUT2D eigenvalue weighted by Gasteiger charge is 2.46. The average molecular weight is 1410 g/mol. The van der Waals surface area contributed by atoms with Gasteiger partial charge in [0.05, 0.1) is 56.5 Å². The largest absolute Gasteiger partial charge is 0.472 e. The number of ether oxygens (including phenoxy) is 10. The number of allylic oxidation sites excluding steroid dienone is 2. The summed E-state index contributed by atoms with van der Waals surface area (Å²) >= 11 is 0. The van der Waals surface area contributed by atoms with Crippen LogP contribution in [0.5, 0.6) is 0 Å². The Morgan fingerprint density at radius 2 is 0.802 bits per heavy atom. The van der Waals surface area contributed by atoms with Crippen molar-refractivity contribution < 1.29 is 142 Å². The molecular formula is C64H115N2O29P. The van der Waals surface area contributed by atoms with E-state index in [0.717, 1.165) is 0 Å². The Bertz CT molecular complexity index is 2180. The fourth-order valence-electron chi connectivity index (χ4n) is 11.2. The first-order valence-corrected chi connectivity index (χ1v) is 35.7. The molecule has 0 radical (unpaired) electrons. The highest BCUT2D eigenvalue weighted by atomic mass is 31.2. The number of aliphatic hydroxyl groups excluding tert-OH is 12. The van der Waals surface area contributed by atoms with Crippen molar-refractivity contribution >= 4 is 25.5 Å². The molecule has 31 nitrogen and oxygen atoms in total. The molecule has 0 aromatic rings. The van der Waals surface area contributed by atoms with Crippen LogP contribution in [0.4, 0.5) is 0 Å². The van der Waals surface area contributed by atoms with Crippen LogP contribution in [0.3, 0.4) is 0 Å². The molecule has 4 aliphatic heterocycles. The van der Waals surface area contributed by atoms with Gasteiger partial charge >= 0.3 is 19.8 Å². The van der Waals surface area contributed by atoms with E-state index in [1.54, 1.807) is 38.2 Å². The fourth-order valence-corrected chi connectivity index (χ4v) is 12.0. The second-order valence-electron chi connectivity index (χ2n) is 25.1. The number of carbonyl (C=O) groups is 3. The molecule has 23 atom stereocenters. The number of esters is 2. The molecule has 4 saturated heterocycles. The van der Waals surface area contributed by atoms with Crippen LogP contribution in [0.2, 0.25) is 0 Å². The van der Waals surface area contributed by atoms with E-state index >= 15 is 0 Å². The number of ketones is 1. The lowest BCUT2D eigenvalue weighted by molar-refractivity contribution is -0.293. The SMILES string of the molecule is CC/C=C\CC(=O)OC[C@H](COP(=O)(O)OCCCC(=O)[C@H](CCCCN(CCCCO[C@@H]1OC(C)[C@H](O)[C@H](O)C1O)CCCCO[C@@H]1OC(C)[C@H](O)[C@H](O)C1O)N(CCCCO[C@@H]1OC(C)[C@H](O)[C@H](O)C1O)CCCCO[C@@H]1OC(C)[C@H](O)[C@H](O)C1O)OC(=O)C/C=C\CC. The maximum Gasteiger partial charge on any atom is 0.472 e. The van der Waals surface area contributed by atoms with Gasteiger partial charge < -0.3 is 118 Å². The summed E-state index contributed by atoms with van der Waals surface area (Å²) in [6.45, 7) is 11.4. The minimum absolute atomic E-state index is 0.0306. The summed E-state index contributed by atoms with van der Waals surface area (Å²) < 4.78 is 80.2. The number of carbonyl (C=O) groups excluding carboxylic acids is 3. The molecule has 0 aromatic heterocycles. The van der Waals surface area contributed by atoms with E-state index in [2.05, 4.69) is 4.90 Å². The molecule has 4 fully saturated rings. The molecule has 0 saturated carbocycles. The predicted octanol–water partition coefficient (Wildman–Crippen LogP) is 0.277. The lowest BCUT2D eigenvalue weighted by atomic mass is 9.99. The summed E-state index contributed by atoms with van der Waals surface area (Å²) in [5.74, 6) is -1.54. The van der Waals surface area contributed by atoms with E-state index in [1.165, 1.54) is 13.8 Å². The quantitative estimate of drug-likeness (QED) is 0.0168. The average Bonchev–Trinajstić information content (AvgIpc) is 0.886. The van der Waals surface area contributed by atoms with Gasteiger partial charge in [-0.3, -0.25) is 28.3 Å². The number of hydrogen-bond acceptors (Lipinski definition) is 30. The van der Waals surface area contributed by atoms with Crippen molar-refractivity contribution in [2.24, 2.45) is 0 Å². The van der Waals surface area contributed by atoms with Crippen LogP contribution in [-0.4, -0.2) is 308 Å². The van der Waals surface area contributed by atoms with Crippen LogP contribution in [0.15, 0.2) is 24.3 Å². The first kappa shape index (κ1) is 85.7. The Morgan fingerprint density at radius 3 is 1.19 bits per heavy atom. The van der Waals surface area contributed by atoms with Gasteiger partial charge in [0.25, 0.3) is 0 Å². The standard InChI is InChI=1S/C64H115N2O29P/c1-7-9-11-26-47(68)88-38-44(95-48(69)27-12-10-8-2)39-90-96(82,83)89-37-23-25-46(67)45(66(31-17-21-35-86-63-59(80)55(76)51(72)42(5)93-63)32-18-22-36-87-64-60(81)56(77)52(73)43(6)94-64)24-13-14-28-65(29-15-19-33-84-61-57(78)53(74)49(70)40(3)91-61)30-16-20-34-85-62-58(79)54(75)50(71)41(4)92-62/h9-12,40-45,49-64,70-81H,7-8,13-39H2,1-6H3,(H,82,83)/b11-9-,12-10-/t40?,41?,42?,43?,44-,45+,49+,50+,51+,52+,53+,54+,55+,56+,57?,58?,59?,60?,61-,62-,63-,64-/m1/s1. The molecule has 4 heterocycles. The number of phosphoric ester groups is 1. The molecule has 0 bridgehead atoms. The van der Waals surface area contributed by atoms with E-state index in [1.807, 2.05) is 18.7 Å². The summed E-state index contributed by atoms with van der Waals surface area (Å²) in [5.41, 5.74) is 0. The van der Waals surface area contributed by atoms with Crippen LogP contribution < -0.4 is 0 Å². The Balaban J connectivity index is 1.50. The molecule has 32 heteroatoms.